The highest BCUT2D eigenvalue weighted by molar-refractivity contribution is 7.21. The van der Waals surface area contributed by atoms with E-state index in [1.807, 2.05) is 31.2 Å². The molecule has 2 aliphatic rings. The number of hydrogen-bond acceptors (Lipinski definition) is 7. The standard InChI is InChI=1S/C30H28N6O4S/c1-3-23(37)34-20-8-6-7-18(20)16-33-28(38)27-26-25-22(12-14-32-29(25)41-27)36(30(39)35-26)21-11-10-19(15-17(21)2)40-24-9-4-5-13-31-24/h3-5,9-15,18,20H,1,6-8,16H2,2H3,(H,33,38)(H,34,37)(H,35,39)/t18-,20-/m0/s1. The summed E-state index contributed by atoms with van der Waals surface area (Å²) in [5.41, 5.74) is 2.61. The van der Waals surface area contributed by atoms with Crippen LogP contribution in [0.4, 0.5) is 21.9 Å². The fourth-order valence-corrected chi connectivity index (χ4v) is 6.51. The molecule has 0 saturated heterocycles. The van der Waals surface area contributed by atoms with Gasteiger partial charge in [0.25, 0.3) is 5.91 Å². The summed E-state index contributed by atoms with van der Waals surface area (Å²) in [7, 11) is 0. The summed E-state index contributed by atoms with van der Waals surface area (Å²) in [5.74, 6) is 0.713. The molecule has 0 unspecified atom stereocenters. The van der Waals surface area contributed by atoms with Crippen LogP contribution in [0.5, 0.6) is 11.6 Å². The van der Waals surface area contributed by atoms with E-state index >= 15 is 0 Å². The lowest BCUT2D eigenvalue weighted by atomic mass is 10.0. The van der Waals surface area contributed by atoms with Crippen molar-refractivity contribution in [1.82, 2.24) is 20.6 Å². The molecule has 1 saturated carbocycles. The average Bonchev–Trinajstić information content (AvgIpc) is 3.58. The SMILES string of the molecule is C=CC(=O)N[C@H]1CCC[C@H]1CNC(=O)c1sc2nccc3c2c1NC(=O)N3c1ccc(Oc2ccccn2)cc1C. The molecule has 4 heterocycles. The van der Waals surface area contributed by atoms with Gasteiger partial charge in [-0.05, 0) is 67.7 Å². The number of pyridine rings is 2. The molecule has 1 aliphatic heterocycles. The van der Waals surface area contributed by atoms with Crippen molar-refractivity contribution < 1.29 is 19.1 Å². The molecule has 0 radical (unpaired) electrons. The number of thiophene rings is 1. The predicted octanol–water partition coefficient (Wildman–Crippen LogP) is 5.68. The van der Waals surface area contributed by atoms with Crippen LogP contribution >= 0.6 is 11.3 Å². The number of benzene rings is 1. The van der Waals surface area contributed by atoms with Crippen molar-refractivity contribution in [3.8, 4) is 11.6 Å². The number of aryl methyl sites for hydroxylation is 1. The van der Waals surface area contributed by atoms with Crippen molar-refractivity contribution in [1.29, 1.82) is 0 Å². The number of amides is 4. The Labute approximate surface area is 240 Å². The van der Waals surface area contributed by atoms with Gasteiger partial charge >= 0.3 is 6.03 Å². The number of carbonyl (C=O) groups excluding carboxylic acids is 3. The predicted molar refractivity (Wildman–Crippen MR) is 158 cm³/mol. The first-order valence-corrected chi connectivity index (χ1v) is 14.2. The van der Waals surface area contributed by atoms with Crippen LogP contribution in [0.1, 0.15) is 34.5 Å². The normalized spacial score (nSPS) is 17.7. The van der Waals surface area contributed by atoms with E-state index in [1.165, 1.54) is 17.4 Å². The average molecular weight is 569 g/mol. The van der Waals surface area contributed by atoms with Gasteiger partial charge in [0.1, 0.15) is 15.5 Å². The van der Waals surface area contributed by atoms with E-state index in [4.69, 9.17) is 4.74 Å². The second-order valence-corrected chi connectivity index (χ2v) is 11.0. The highest BCUT2D eigenvalue weighted by atomic mass is 32.1. The van der Waals surface area contributed by atoms with Crippen molar-refractivity contribution in [3.05, 3.63) is 78.0 Å². The van der Waals surface area contributed by atoms with Gasteiger partial charge in [-0.1, -0.05) is 19.1 Å². The minimum Gasteiger partial charge on any atom is -0.439 e. The number of rotatable bonds is 8. The monoisotopic (exact) mass is 568 g/mol. The second kappa shape index (κ2) is 11.0. The Morgan fingerprint density at radius 2 is 2.05 bits per heavy atom. The summed E-state index contributed by atoms with van der Waals surface area (Å²) < 4.78 is 5.85. The molecule has 0 spiro atoms. The number of nitrogens with zero attached hydrogens (tertiary/aromatic N) is 3. The number of urea groups is 1. The third-order valence-electron chi connectivity index (χ3n) is 7.42. The molecule has 0 bridgehead atoms. The number of carbonyl (C=O) groups is 3. The molecular weight excluding hydrogens is 540 g/mol. The van der Waals surface area contributed by atoms with Gasteiger partial charge in [-0.25, -0.2) is 14.8 Å². The summed E-state index contributed by atoms with van der Waals surface area (Å²) in [6.45, 7) is 5.84. The van der Waals surface area contributed by atoms with Crippen LogP contribution in [-0.2, 0) is 4.79 Å². The number of ether oxygens (including phenoxy) is 1. The minimum atomic E-state index is -0.373. The molecule has 4 amide bonds. The lowest BCUT2D eigenvalue weighted by Crippen LogP contribution is -2.41. The zero-order chi connectivity index (χ0) is 28.5. The maximum atomic E-state index is 13.5. The molecule has 2 atom stereocenters. The largest absolute Gasteiger partial charge is 0.439 e. The smallest absolute Gasteiger partial charge is 0.331 e. The Bertz CT molecular complexity index is 1670. The summed E-state index contributed by atoms with van der Waals surface area (Å²) in [5, 5.41) is 9.63. The van der Waals surface area contributed by atoms with E-state index in [0.29, 0.717) is 50.3 Å². The molecule has 3 N–H and O–H groups in total. The number of aromatic nitrogens is 2. The first-order chi connectivity index (χ1) is 19.9. The number of hydrogen-bond donors (Lipinski definition) is 3. The van der Waals surface area contributed by atoms with E-state index < -0.39 is 0 Å². The van der Waals surface area contributed by atoms with Crippen molar-refractivity contribution >= 4 is 56.5 Å². The zero-order valence-corrected chi connectivity index (χ0v) is 23.2. The van der Waals surface area contributed by atoms with Crippen LogP contribution in [0, 0.1) is 12.8 Å². The third-order valence-corrected chi connectivity index (χ3v) is 8.51. The third kappa shape index (κ3) is 5.11. The molecule has 41 heavy (non-hydrogen) atoms. The Hall–Kier alpha value is -4.77. The fourth-order valence-electron chi connectivity index (χ4n) is 5.47. The topological polar surface area (TPSA) is 126 Å². The van der Waals surface area contributed by atoms with Crippen LogP contribution < -0.4 is 25.6 Å². The van der Waals surface area contributed by atoms with Gasteiger partial charge in [-0.2, -0.15) is 0 Å². The van der Waals surface area contributed by atoms with Gasteiger partial charge < -0.3 is 20.7 Å². The van der Waals surface area contributed by atoms with Gasteiger partial charge in [-0.3, -0.25) is 14.5 Å². The first-order valence-electron chi connectivity index (χ1n) is 13.4. The Balaban J connectivity index is 1.25. The molecular formula is C30H28N6O4S. The lowest BCUT2D eigenvalue weighted by Gasteiger charge is -2.29. The molecule has 10 nitrogen and oxygen atoms in total. The van der Waals surface area contributed by atoms with E-state index in [-0.39, 0.29) is 29.8 Å². The van der Waals surface area contributed by atoms with E-state index in [0.717, 1.165) is 24.8 Å². The van der Waals surface area contributed by atoms with E-state index in [2.05, 4.69) is 32.5 Å². The van der Waals surface area contributed by atoms with Crippen LogP contribution in [0.25, 0.3) is 10.2 Å². The van der Waals surface area contributed by atoms with Crippen LogP contribution in [-0.4, -0.2) is 40.4 Å². The van der Waals surface area contributed by atoms with Crippen molar-refractivity contribution in [2.75, 3.05) is 16.8 Å². The quantitative estimate of drug-likeness (QED) is 0.235. The molecule has 1 aliphatic carbocycles. The molecule has 208 valence electrons. The van der Waals surface area contributed by atoms with Gasteiger partial charge in [0.05, 0.1) is 22.4 Å². The Morgan fingerprint density at radius 1 is 1.17 bits per heavy atom. The van der Waals surface area contributed by atoms with Gasteiger partial charge in [0.2, 0.25) is 11.8 Å². The summed E-state index contributed by atoms with van der Waals surface area (Å²) >= 11 is 1.24. The highest BCUT2D eigenvalue weighted by Crippen LogP contribution is 2.46. The van der Waals surface area contributed by atoms with Crippen LogP contribution in [0.2, 0.25) is 0 Å². The van der Waals surface area contributed by atoms with Crippen LogP contribution in [0.15, 0.2) is 67.5 Å². The Morgan fingerprint density at radius 3 is 2.83 bits per heavy atom. The van der Waals surface area contributed by atoms with E-state index in [9.17, 15) is 14.4 Å². The second-order valence-electron chi connectivity index (χ2n) is 10.0. The summed E-state index contributed by atoms with van der Waals surface area (Å²) in [6.07, 6.45) is 7.31. The maximum Gasteiger partial charge on any atom is 0.331 e. The molecule has 11 heteroatoms. The molecule has 4 aromatic rings. The van der Waals surface area contributed by atoms with Gasteiger partial charge in [0, 0.05) is 31.0 Å². The van der Waals surface area contributed by atoms with Crippen molar-refractivity contribution in [2.24, 2.45) is 5.92 Å². The summed E-state index contributed by atoms with van der Waals surface area (Å²) in [4.78, 5) is 50.0. The fraction of sp³-hybridized carbons (Fsp3) is 0.233. The first kappa shape index (κ1) is 26.5. The van der Waals surface area contributed by atoms with Crippen molar-refractivity contribution in [3.63, 3.8) is 0 Å². The van der Waals surface area contributed by atoms with E-state index in [1.54, 1.807) is 35.5 Å². The van der Waals surface area contributed by atoms with Crippen LogP contribution in [0.3, 0.4) is 0 Å². The maximum absolute atomic E-state index is 13.5. The molecule has 1 fully saturated rings. The Kier molecular flexibility index (Phi) is 7.10. The number of anilines is 3. The molecule has 3 aromatic heterocycles. The number of nitrogens with one attached hydrogen (secondary N) is 3. The zero-order valence-electron chi connectivity index (χ0n) is 22.3. The highest BCUT2D eigenvalue weighted by Gasteiger charge is 2.34. The van der Waals surface area contributed by atoms with Gasteiger partial charge in [-0.15, -0.1) is 11.3 Å². The minimum absolute atomic E-state index is 0.00734. The van der Waals surface area contributed by atoms with Gasteiger partial charge in [0.15, 0.2) is 0 Å². The lowest BCUT2D eigenvalue weighted by molar-refractivity contribution is -0.117. The van der Waals surface area contributed by atoms with Crippen molar-refractivity contribution in [2.45, 2.75) is 32.2 Å². The molecule has 1 aromatic carbocycles. The molecule has 6 rings (SSSR count). The summed E-state index contributed by atoms with van der Waals surface area (Å²) in [6, 6.07) is 12.3.